The van der Waals surface area contributed by atoms with E-state index in [0.29, 0.717) is 25.4 Å². The molecule has 1 rings (SSSR count). The highest BCUT2D eigenvalue weighted by atomic mass is 16.3. The highest BCUT2D eigenvalue weighted by molar-refractivity contribution is 5.76. The molecular weight excluding hydrogens is 180 g/mol. The Labute approximate surface area is 85.1 Å². The van der Waals surface area contributed by atoms with E-state index in [1.165, 1.54) is 12.8 Å². The van der Waals surface area contributed by atoms with Crippen molar-refractivity contribution in [1.29, 1.82) is 0 Å². The fraction of sp³-hybridized carbons (Fsp3) is 0.900. The summed E-state index contributed by atoms with van der Waals surface area (Å²) in [5.41, 5.74) is 0. The molecule has 1 aliphatic rings. The van der Waals surface area contributed by atoms with Crippen LogP contribution in [0.5, 0.6) is 0 Å². The molecule has 0 spiro atoms. The van der Waals surface area contributed by atoms with Crippen molar-refractivity contribution in [2.24, 2.45) is 0 Å². The Morgan fingerprint density at radius 2 is 2.29 bits per heavy atom. The lowest BCUT2D eigenvalue weighted by molar-refractivity contribution is -0.121. The monoisotopic (exact) mass is 200 g/mol. The van der Waals surface area contributed by atoms with Crippen molar-refractivity contribution >= 4 is 5.91 Å². The lowest BCUT2D eigenvalue weighted by Gasteiger charge is -2.09. The molecule has 1 unspecified atom stereocenters. The normalized spacial score (nSPS) is 17.9. The molecule has 1 fully saturated rings. The van der Waals surface area contributed by atoms with Gasteiger partial charge in [0.2, 0.25) is 5.91 Å². The van der Waals surface area contributed by atoms with Gasteiger partial charge in [-0.1, -0.05) is 6.92 Å². The van der Waals surface area contributed by atoms with Gasteiger partial charge >= 0.3 is 0 Å². The maximum atomic E-state index is 11.2. The Hall–Kier alpha value is -0.610. The SMILES string of the molecule is CCC(O)CNC(=O)CCNC1CC1. The zero-order chi connectivity index (χ0) is 10.4. The van der Waals surface area contributed by atoms with E-state index < -0.39 is 6.10 Å². The third kappa shape index (κ3) is 5.19. The minimum absolute atomic E-state index is 0.0191. The third-order valence-electron chi connectivity index (χ3n) is 2.37. The number of aliphatic hydroxyl groups is 1. The summed E-state index contributed by atoms with van der Waals surface area (Å²) in [5.74, 6) is 0.0191. The molecule has 0 aromatic rings. The summed E-state index contributed by atoms with van der Waals surface area (Å²) in [6.07, 6.45) is 3.27. The molecule has 14 heavy (non-hydrogen) atoms. The van der Waals surface area contributed by atoms with Crippen molar-refractivity contribution in [3.8, 4) is 0 Å². The first kappa shape index (κ1) is 11.5. The van der Waals surface area contributed by atoms with Gasteiger partial charge in [-0.3, -0.25) is 4.79 Å². The topological polar surface area (TPSA) is 61.4 Å². The van der Waals surface area contributed by atoms with Gasteiger partial charge < -0.3 is 15.7 Å². The van der Waals surface area contributed by atoms with Crippen LogP contribution in [-0.4, -0.2) is 36.2 Å². The number of amides is 1. The van der Waals surface area contributed by atoms with Crippen molar-refractivity contribution in [1.82, 2.24) is 10.6 Å². The Kier molecular flexibility index (Phi) is 4.90. The summed E-state index contributed by atoms with van der Waals surface area (Å²) >= 11 is 0. The second-order valence-electron chi connectivity index (χ2n) is 3.84. The molecule has 0 aliphatic heterocycles. The van der Waals surface area contributed by atoms with Gasteiger partial charge in [0.05, 0.1) is 6.10 Å². The first-order chi connectivity index (χ1) is 6.72. The van der Waals surface area contributed by atoms with Crippen molar-refractivity contribution in [3.63, 3.8) is 0 Å². The van der Waals surface area contributed by atoms with Crippen LogP contribution in [0.15, 0.2) is 0 Å². The summed E-state index contributed by atoms with van der Waals surface area (Å²) < 4.78 is 0. The highest BCUT2D eigenvalue weighted by Crippen LogP contribution is 2.18. The molecule has 0 aromatic heterocycles. The predicted octanol–water partition coefficient (Wildman–Crippen LogP) is 0.0156. The molecule has 4 nitrogen and oxygen atoms in total. The number of hydrogen-bond acceptors (Lipinski definition) is 3. The minimum atomic E-state index is -0.407. The van der Waals surface area contributed by atoms with Crippen LogP contribution in [0.2, 0.25) is 0 Å². The van der Waals surface area contributed by atoms with E-state index in [1.807, 2.05) is 6.92 Å². The number of nitrogens with one attached hydrogen (secondary N) is 2. The molecule has 0 aromatic carbocycles. The van der Waals surface area contributed by atoms with Crippen LogP contribution in [0.25, 0.3) is 0 Å². The van der Waals surface area contributed by atoms with Crippen molar-refractivity contribution < 1.29 is 9.90 Å². The molecule has 1 atom stereocenters. The van der Waals surface area contributed by atoms with Gasteiger partial charge in [0.25, 0.3) is 0 Å². The second-order valence-corrected chi connectivity index (χ2v) is 3.84. The number of rotatable bonds is 7. The Balaban J connectivity index is 1.92. The number of aliphatic hydroxyl groups excluding tert-OH is 1. The molecule has 4 heteroatoms. The molecule has 1 amide bonds. The molecule has 0 saturated heterocycles. The van der Waals surface area contributed by atoms with Gasteiger partial charge in [-0.15, -0.1) is 0 Å². The Morgan fingerprint density at radius 3 is 2.86 bits per heavy atom. The van der Waals surface area contributed by atoms with E-state index in [1.54, 1.807) is 0 Å². The van der Waals surface area contributed by atoms with Crippen LogP contribution < -0.4 is 10.6 Å². The molecule has 0 bridgehead atoms. The zero-order valence-electron chi connectivity index (χ0n) is 8.75. The van der Waals surface area contributed by atoms with E-state index >= 15 is 0 Å². The van der Waals surface area contributed by atoms with Gasteiger partial charge in [0.1, 0.15) is 0 Å². The maximum Gasteiger partial charge on any atom is 0.221 e. The largest absolute Gasteiger partial charge is 0.391 e. The van der Waals surface area contributed by atoms with Crippen LogP contribution in [0.3, 0.4) is 0 Å². The van der Waals surface area contributed by atoms with Crippen molar-refractivity contribution in [2.45, 2.75) is 44.8 Å². The quantitative estimate of drug-likeness (QED) is 0.543. The lowest BCUT2D eigenvalue weighted by atomic mass is 10.3. The van der Waals surface area contributed by atoms with E-state index in [4.69, 9.17) is 0 Å². The Morgan fingerprint density at radius 1 is 1.57 bits per heavy atom. The summed E-state index contributed by atoms with van der Waals surface area (Å²) in [6.45, 7) is 3.02. The first-order valence-corrected chi connectivity index (χ1v) is 5.40. The van der Waals surface area contributed by atoms with Gasteiger partial charge in [-0.2, -0.15) is 0 Å². The van der Waals surface area contributed by atoms with Crippen molar-refractivity contribution in [3.05, 3.63) is 0 Å². The predicted molar refractivity (Wildman–Crippen MR) is 54.9 cm³/mol. The average Bonchev–Trinajstić information content (AvgIpc) is 2.98. The lowest BCUT2D eigenvalue weighted by Crippen LogP contribution is -2.33. The standard InChI is InChI=1S/C10H20N2O2/c1-2-9(13)7-12-10(14)5-6-11-8-3-4-8/h8-9,11,13H,2-7H2,1H3,(H,12,14). The molecule has 3 N–H and O–H groups in total. The number of hydrogen-bond donors (Lipinski definition) is 3. The fourth-order valence-electron chi connectivity index (χ4n) is 1.14. The van der Waals surface area contributed by atoms with Crippen molar-refractivity contribution in [2.75, 3.05) is 13.1 Å². The summed E-state index contributed by atoms with van der Waals surface area (Å²) in [4.78, 5) is 11.2. The summed E-state index contributed by atoms with van der Waals surface area (Å²) in [7, 11) is 0. The van der Waals surface area contributed by atoms with Gasteiger partial charge in [0.15, 0.2) is 0 Å². The second kappa shape index (κ2) is 5.98. The highest BCUT2D eigenvalue weighted by Gasteiger charge is 2.19. The van der Waals surface area contributed by atoms with Crippen LogP contribution >= 0.6 is 0 Å². The third-order valence-corrected chi connectivity index (χ3v) is 2.37. The fourth-order valence-corrected chi connectivity index (χ4v) is 1.14. The maximum absolute atomic E-state index is 11.2. The molecule has 82 valence electrons. The molecule has 0 heterocycles. The van der Waals surface area contributed by atoms with Gasteiger partial charge in [-0.05, 0) is 19.3 Å². The van der Waals surface area contributed by atoms with E-state index in [0.717, 1.165) is 6.54 Å². The van der Waals surface area contributed by atoms with Crippen LogP contribution in [0.1, 0.15) is 32.6 Å². The average molecular weight is 200 g/mol. The van der Waals surface area contributed by atoms with Crippen LogP contribution in [-0.2, 0) is 4.79 Å². The van der Waals surface area contributed by atoms with Gasteiger partial charge in [0, 0.05) is 25.6 Å². The first-order valence-electron chi connectivity index (χ1n) is 5.40. The summed E-state index contributed by atoms with van der Waals surface area (Å²) in [5, 5.41) is 15.2. The van der Waals surface area contributed by atoms with Crippen LogP contribution in [0, 0.1) is 0 Å². The molecule has 0 radical (unpaired) electrons. The molecule has 1 saturated carbocycles. The number of carbonyl (C=O) groups excluding carboxylic acids is 1. The van der Waals surface area contributed by atoms with Crippen LogP contribution in [0.4, 0.5) is 0 Å². The number of carbonyl (C=O) groups is 1. The summed E-state index contributed by atoms with van der Waals surface area (Å²) in [6, 6.07) is 0.657. The van der Waals surface area contributed by atoms with Gasteiger partial charge in [-0.25, -0.2) is 0 Å². The molecular formula is C10H20N2O2. The zero-order valence-corrected chi connectivity index (χ0v) is 8.75. The molecule has 1 aliphatic carbocycles. The Bertz CT molecular complexity index is 181. The minimum Gasteiger partial charge on any atom is -0.391 e. The van der Waals surface area contributed by atoms with E-state index in [2.05, 4.69) is 10.6 Å². The van der Waals surface area contributed by atoms with E-state index in [9.17, 15) is 9.90 Å². The smallest absolute Gasteiger partial charge is 0.221 e. The van der Waals surface area contributed by atoms with E-state index in [-0.39, 0.29) is 5.91 Å².